The van der Waals surface area contributed by atoms with Crippen LogP contribution in [-0.2, 0) is 4.74 Å². The molecule has 0 aromatic rings. The normalized spacial score (nSPS) is 51.6. The molecule has 3 rings (SSSR count). The Morgan fingerprint density at radius 3 is 3.08 bits per heavy atom. The summed E-state index contributed by atoms with van der Waals surface area (Å²) < 4.78 is 5.81. The van der Waals surface area contributed by atoms with E-state index < -0.39 is 0 Å². The highest BCUT2D eigenvalue weighted by atomic mass is 16.5. The Kier molecular flexibility index (Phi) is 1.76. The molecule has 1 heteroatoms. The zero-order valence-corrected chi connectivity index (χ0v) is 8.28. The van der Waals surface area contributed by atoms with Crippen molar-refractivity contribution in [1.82, 2.24) is 0 Å². The smallest absolute Gasteiger partial charge is 0.0611 e. The quantitative estimate of drug-likeness (QED) is 0.591. The average Bonchev–Trinajstić information content (AvgIpc) is 2.72. The van der Waals surface area contributed by atoms with E-state index in [0.717, 1.165) is 30.3 Å². The summed E-state index contributed by atoms with van der Waals surface area (Å²) in [5, 5.41) is 0. The molecule has 3 aliphatic rings. The van der Waals surface area contributed by atoms with Crippen LogP contribution in [-0.4, -0.2) is 12.7 Å². The van der Waals surface area contributed by atoms with E-state index in [2.05, 4.69) is 19.1 Å². The van der Waals surface area contributed by atoms with Crippen molar-refractivity contribution in [3.05, 3.63) is 12.2 Å². The molecule has 2 fully saturated rings. The second-order valence-corrected chi connectivity index (χ2v) is 4.79. The number of ether oxygens (including phenoxy) is 1. The second-order valence-electron chi connectivity index (χ2n) is 4.79. The van der Waals surface area contributed by atoms with Gasteiger partial charge in [0.15, 0.2) is 0 Å². The molecule has 0 unspecified atom stereocenters. The third-order valence-corrected chi connectivity index (χ3v) is 4.33. The molecular weight excluding hydrogens is 160 g/mol. The van der Waals surface area contributed by atoms with Gasteiger partial charge in [0.05, 0.1) is 6.10 Å². The maximum Gasteiger partial charge on any atom is 0.0611 e. The zero-order chi connectivity index (χ0) is 8.84. The predicted molar refractivity (Wildman–Crippen MR) is 52.4 cm³/mol. The van der Waals surface area contributed by atoms with Gasteiger partial charge < -0.3 is 4.74 Å². The van der Waals surface area contributed by atoms with E-state index in [1.54, 1.807) is 0 Å². The van der Waals surface area contributed by atoms with Crippen LogP contribution in [0.1, 0.15) is 26.2 Å². The van der Waals surface area contributed by atoms with Crippen molar-refractivity contribution in [2.24, 2.45) is 23.7 Å². The number of rotatable bonds is 2. The van der Waals surface area contributed by atoms with Gasteiger partial charge in [-0.05, 0) is 49.9 Å². The molecule has 2 saturated carbocycles. The van der Waals surface area contributed by atoms with E-state index in [-0.39, 0.29) is 0 Å². The van der Waals surface area contributed by atoms with Gasteiger partial charge >= 0.3 is 0 Å². The lowest BCUT2D eigenvalue weighted by atomic mass is 9.80. The molecule has 0 heterocycles. The summed E-state index contributed by atoms with van der Waals surface area (Å²) in [6, 6.07) is 0. The van der Waals surface area contributed by atoms with E-state index >= 15 is 0 Å². The lowest BCUT2D eigenvalue weighted by Crippen LogP contribution is -2.30. The van der Waals surface area contributed by atoms with Gasteiger partial charge in [-0.25, -0.2) is 0 Å². The molecule has 0 aliphatic heterocycles. The molecule has 0 aromatic carbocycles. The summed E-state index contributed by atoms with van der Waals surface area (Å²) in [5.41, 5.74) is 0. The molecule has 0 spiro atoms. The highest BCUT2D eigenvalue weighted by Crippen LogP contribution is 2.57. The first-order valence-corrected chi connectivity index (χ1v) is 5.68. The molecule has 13 heavy (non-hydrogen) atoms. The molecular formula is C12H18O. The summed E-state index contributed by atoms with van der Waals surface area (Å²) in [6.45, 7) is 3.02. The lowest BCUT2D eigenvalue weighted by molar-refractivity contribution is 0.00243. The van der Waals surface area contributed by atoms with Crippen LogP contribution in [0.3, 0.4) is 0 Å². The Hall–Kier alpha value is -0.300. The summed E-state index contributed by atoms with van der Waals surface area (Å²) in [5.74, 6) is 3.74. The molecule has 72 valence electrons. The molecule has 1 nitrogen and oxygen atoms in total. The molecule has 0 N–H and O–H groups in total. The van der Waals surface area contributed by atoms with Crippen molar-refractivity contribution in [3.63, 3.8) is 0 Å². The van der Waals surface area contributed by atoms with Crippen LogP contribution < -0.4 is 0 Å². The minimum atomic E-state index is 0.596. The first-order valence-electron chi connectivity index (χ1n) is 5.68. The number of hydrogen-bond acceptors (Lipinski definition) is 1. The fourth-order valence-corrected chi connectivity index (χ4v) is 3.89. The summed E-state index contributed by atoms with van der Waals surface area (Å²) in [4.78, 5) is 0. The van der Waals surface area contributed by atoms with Crippen LogP contribution in [0.4, 0.5) is 0 Å². The van der Waals surface area contributed by atoms with Gasteiger partial charge in [-0.15, -0.1) is 0 Å². The van der Waals surface area contributed by atoms with Gasteiger partial charge in [0.1, 0.15) is 0 Å². The zero-order valence-electron chi connectivity index (χ0n) is 8.28. The predicted octanol–water partition coefficient (Wildman–Crippen LogP) is 2.62. The molecule has 0 aromatic heterocycles. The minimum absolute atomic E-state index is 0.596. The Morgan fingerprint density at radius 1 is 1.31 bits per heavy atom. The van der Waals surface area contributed by atoms with Crippen LogP contribution in [0, 0.1) is 23.7 Å². The summed E-state index contributed by atoms with van der Waals surface area (Å²) >= 11 is 0. The Morgan fingerprint density at radius 2 is 2.23 bits per heavy atom. The van der Waals surface area contributed by atoms with Crippen LogP contribution >= 0.6 is 0 Å². The largest absolute Gasteiger partial charge is 0.378 e. The summed E-state index contributed by atoms with van der Waals surface area (Å²) in [6.07, 6.45) is 9.60. The van der Waals surface area contributed by atoms with E-state index in [9.17, 15) is 0 Å². The van der Waals surface area contributed by atoms with Crippen LogP contribution in [0.15, 0.2) is 12.2 Å². The molecule has 0 amide bonds. The van der Waals surface area contributed by atoms with Crippen molar-refractivity contribution in [2.75, 3.05) is 6.61 Å². The third kappa shape index (κ3) is 1.03. The van der Waals surface area contributed by atoms with Crippen molar-refractivity contribution in [3.8, 4) is 0 Å². The van der Waals surface area contributed by atoms with Crippen LogP contribution in [0.25, 0.3) is 0 Å². The fraction of sp³-hybridized carbons (Fsp3) is 0.833. The molecule has 5 atom stereocenters. The monoisotopic (exact) mass is 178 g/mol. The van der Waals surface area contributed by atoms with E-state index in [4.69, 9.17) is 4.74 Å². The Labute approximate surface area is 80.2 Å². The third-order valence-electron chi connectivity index (χ3n) is 4.33. The minimum Gasteiger partial charge on any atom is -0.378 e. The van der Waals surface area contributed by atoms with E-state index in [0.29, 0.717) is 6.10 Å². The van der Waals surface area contributed by atoms with Crippen molar-refractivity contribution >= 4 is 0 Å². The van der Waals surface area contributed by atoms with Gasteiger partial charge in [-0.3, -0.25) is 0 Å². The fourth-order valence-electron chi connectivity index (χ4n) is 3.89. The maximum absolute atomic E-state index is 5.81. The van der Waals surface area contributed by atoms with Gasteiger partial charge in [-0.1, -0.05) is 12.2 Å². The number of hydrogen-bond donors (Lipinski definition) is 0. The molecule has 2 bridgehead atoms. The van der Waals surface area contributed by atoms with E-state index in [1.807, 2.05) is 0 Å². The first kappa shape index (κ1) is 8.05. The summed E-state index contributed by atoms with van der Waals surface area (Å²) in [7, 11) is 0. The van der Waals surface area contributed by atoms with Gasteiger partial charge in [0.25, 0.3) is 0 Å². The van der Waals surface area contributed by atoms with Gasteiger partial charge in [0, 0.05) is 6.61 Å². The average molecular weight is 178 g/mol. The number of allylic oxidation sites excluding steroid dienone is 2. The topological polar surface area (TPSA) is 9.23 Å². The number of fused-ring (bicyclic) bond motifs is 5. The van der Waals surface area contributed by atoms with Crippen molar-refractivity contribution < 1.29 is 4.74 Å². The van der Waals surface area contributed by atoms with Crippen LogP contribution in [0.5, 0.6) is 0 Å². The molecule has 3 aliphatic carbocycles. The highest BCUT2D eigenvalue weighted by Gasteiger charge is 2.52. The van der Waals surface area contributed by atoms with Crippen LogP contribution in [0.2, 0.25) is 0 Å². The molecule has 0 saturated heterocycles. The van der Waals surface area contributed by atoms with E-state index in [1.165, 1.54) is 19.3 Å². The standard InChI is InChI=1S/C12H18O/c1-2-13-12-7-8-6-11(12)10-5-3-4-9(8)10/h3,5,8-12H,2,4,6-7H2,1H3/t8-,9+,10+,11+,12-/m0/s1. The SMILES string of the molecule is CCO[C@H]1C[C@@H]2C[C@@H]1[C@@H]1C=CC[C@H]21. The molecule has 0 radical (unpaired) electrons. The lowest BCUT2D eigenvalue weighted by Gasteiger charge is -2.30. The van der Waals surface area contributed by atoms with Gasteiger partial charge in [0.2, 0.25) is 0 Å². The highest BCUT2D eigenvalue weighted by molar-refractivity contribution is 5.14. The maximum atomic E-state index is 5.81. The Bertz CT molecular complexity index is 233. The first-order chi connectivity index (χ1) is 6.40. The van der Waals surface area contributed by atoms with Crippen molar-refractivity contribution in [2.45, 2.75) is 32.3 Å². The van der Waals surface area contributed by atoms with Gasteiger partial charge in [-0.2, -0.15) is 0 Å². The van der Waals surface area contributed by atoms with Crippen molar-refractivity contribution in [1.29, 1.82) is 0 Å². The second kappa shape index (κ2) is 2.84. The Balaban J connectivity index is 1.77.